The molecule has 0 bridgehead atoms. The maximum Gasteiger partial charge on any atom is 0.354 e. The van der Waals surface area contributed by atoms with Gasteiger partial charge in [0.05, 0.1) is 16.8 Å². The molecular formula is C14H11FN4O2S. The Bertz CT molecular complexity index is 872. The lowest BCUT2D eigenvalue weighted by atomic mass is 10.2. The summed E-state index contributed by atoms with van der Waals surface area (Å²) in [6, 6.07) is 2.85. The SMILES string of the molecule is Cc1nc(-c2cncc(F)c2)sc1-c1cc(C(=O)O)n(C)n1. The van der Waals surface area contributed by atoms with Crippen molar-refractivity contribution in [3.05, 3.63) is 41.7 Å². The molecule has 0 spiro atoms. The normalized spacial score (nSPS) is 10.9. The first-order chi connectivity index (χ1) is 10.5. The van der Waals surface area contributed by atoms with Gasteiger partial charge in [0.15, 0.2) is 0 Å². The van der Waals surface area contributed by atoms with Crippen LogP contribution >= 0.6 is 11.3 Å². The zero-order valence-corrected chi connectivity index (χ0v) is 12.6. The van der Waals surface area contributed by atoms with Gasteiger partial charge >= 0.3 is 5.97 Å². The number of carboxylic acids is 1. The predicted octanol–water partition coefficient (Wildman–Crippen LogP) is 2.75. The monoisotopic (exact) mass is 318 g/mol. The number of aryl methyl sites for hydroxylation is 2. The highest BCUT2D eigenvalue weighted by Crippen LogP contribution is 2.34. The van der Waals surface area contributed by atoms with Crippen LogP contribution in [0.4, 0.5) is 4.39 Å². The molecular weight excluding hydrogens is 307 g/mol. The molecule has 0 radical (unpaired) electrons. The average Bonchev–Trinajstić information content (AvgIpc) is 3.02. The zero-order valence-electron chi connectivity index (χ0n) is 11.7. The number of aromatic carboxylic acids is 1. The van der Waals surface area contributed by atoms with Gasteiger partial charge in [-0.15, -0.1) is 11.3 Å². The molecule has 0 unspecified atom stereocenters. The summed E-state index contributed by atoms with van der Waals surface area (Å²) >= 11 is 1.32. The predicted molar refractivity (Wildman–Crippen MR) is 79.2 cm³/mol. The van der Waals surface area contributed by atoms with E-state index in [9.17, 15) is 9.18 Å². The zero-order chi connectivity index (χ0) is 15.9. The fourth-order valence-electron chi connectivity index (χ4n) is 2.06. The van der Waals surface area contributed by atoms with Gasteiger partial charge in [-0.25, -0.2) is 14.2 Å². The number of aromatic nitrogens is 4. The Kier molecular flexibility index (Phi) is 3.45. The van der Waals surface area contributed by atoms with Crippen LogP contribution in [0.2, 0.25) is 0 Å². The Labute approximate surface area is 128 Å². The van der Waals surface area contributed by atoms with Crippen LogP contribution in [0, 0.1) is 12.7 Å². The quantitative estimate of drug-likeness (QED) is 0.803. The first-order valence-electron chi connectivity index (χ1n) is 6.32. The number of hydrogen-bond donors (Lipinski definition) is 1. The van der Waals surface area contributed by atoms with Gasteiger partial charge in [0, 0.05) is 18.8 Å². The molecule has 0 aliphatic carbocycles. The third-order valence-electron chi connectivity index (χ3n) is 3.08. The average molecular weight is 318 g/mol. The summed E-state index contributed by atoms with van der Waals surface area (Å²) in [5.41, 5.74) is 1.91. The molecule has 6 nitrogen and oxygen atoms in total. The van der Waals surface area contributed by atoms with E-state index in [1.54, 1.807) is 14.0 Å². The first kappa shape index (κ1) is 14.3. The van der Waals surface area contributed by atoms with Crippen molar-refractivity contribution in [1.82, 2.24) is 19.7 Å². The molecule has 112 valence electrons. The number of pyridine rings is 1. The summed E-state index contributed by atoms with van der Waals surface area (Å²) in [6.45, 7) is 1.80. The lowest BCUT2D eigenvalue weighted by Crippen LogP contribution is -2.04. The number of carbonyl (C=O) groups is 1. The standard InChI is InChI=1S/C14H11FN4O2S/c1-7-12(10-4-11(14(20)21)19(2)18-10)22-13(17-7)8-3-9(15)6-16-5-8/h3-6H,1-2H3,(H,20,21). The number of hydrogen-bond acceptors (Lipinski definition) is 5. The molecule has 1 N–H and O–H groups in total. The van der Waals surface area contributed by atoms with Crippen LogP contribution in [0.3, 0.4) is 0 Å². The van der Waals surface area contributed by atoms with E-state index in [-0.39, 0.29) is 5.69 Å². The molecule has 0 aromatic carbocycles. The van der Waals surface area contributed by atoms with Crippen molar-refractivity contribution < 1.29 is 14.3 Å². The molecule has 0 saturated carbocycles. The second-order valence-electron chi connectivity index (χ2n) is 4.67. The summed E-state index contributed by atoms with van der Waals surface area (Å²) in [5.74, 6) is -1.48. The summed E-state index contributed by atoms with van der Waals surface area (Å²) in [5, 5.41) is 13.9. The van der Waals surface area contributed by atoms with E-state index in [1.165, 1.54) is 34.3 Å². The minimum Gasteiger partial charge on any atom is -0.477 e. The highest BCUT2D eigenvalue weighted by Gasteiger charge is 2.18. The second kappa shape index (κ2) is 5.30. The van der Waals surface area contributed by atoms with Crippen molar-refractivity contribution in [1.29, 1.82) is 0 Å². The minimum absolute atomic E-state index is 0.0942. The van der Waals surface area contributed by atoms with Gasteiger partial charge in [0.25, 0.3) is 0 Å². The van der Waals surface area contributed by atoms with Gasteiger partial charge in [-0.05, 0) is 19.1 Å². The van der Waals surface area contributed by atoms with Crippen LogP contribution in [0.5, 0.6) is 0 Å². The Hall–Kier alpha value is -2.61. The third-order valence-corrected chi connectivity index (χ3v) is 4.31. The Morgan fingerprint density at radius 1 is 1.36 bits per heavy atom. The van der Waals surface area contributed by atoms with Gasteiger partial charge in [0.1, 0.15) is 22.2 Å². The van der Waals surface area contributed by atoms with E-state index in [0.717, 1.165) is 11.1 Å². The molecule has 3 aromatic heterocycles. The van der Waals surface area contributed by atoms with Gasteiger partial charge < -0.3 is 5.11 Å². The molecule has 0 saturated heterocycles. The molecule has 3 aromatic rings. The summed E-state index contributed by atoms with van der Waals surface area (Å²) in [6.07, 6.45) is 2.66. The van der Waals surface area contributed by atoms with E-state index >= 15 is 0 Å². The van der Waals surface area contributed by atoms with Crippen LogP contribution in [-0.2, 0) is 7.05 Å². The fourth-order valence-corrected chi connectivity index (χ4v) is 3.07. The van der Waals surface area contributed by atoms with Gasteiger partial charge in [0.2, 0.25) is 0 Å². The van der Waals surface area contributed by atoms with E-state index in [1.807, 2.05) is 0 Å². The molecule has 0 atom stereocenters. The molecule has 3 rings (SSSR count). The van der Waals surface area contributed by atoms with Gasteiger partial charge in [-0.2, -0.15) is 5.10 Å². The van der Waals surface area contributed by atoms with Crippen molar-refractivity contribution in [3.8, 4) is 21.1 Å². The van der Waals surface area contributed by atoms with Crippen molar-refractivity contribution in [2.45, 2.75) is 6.92 Å². The van der Waals surface area contributed by atoms with Crippen molar-refractivity contribution >= 4 is 17.3 Å². The Morgan fingerprint density at radius 2 is 2.14 bits per heavy atom. The fraction of sp³-hybridized carbons (Fsp3) is 0.143. The lowest BCUT2D eigenvalue weighted by Gasteiger charge is -1.94. The number of nitrogens with zero attached hydrogens (tertiary/aromatic N) is 4. The second-order valence-corrected chi connectivity index (χ2v) is 5.67. The summed E-state index contributed by atoms with van der Waals surface area (Å²) < 4.78 is 14.6. The molecule has 0 fully saturated rings. The molecule has 0 aliphatic heterocycles. The highest BCUT2D eigenvalue weighted by atomic mass is 32.1. The number of rotatable bonds is 3. The van der Waals surface area contributed by atoms with E-state index in [0.29, 0.717) is 22.0 Å². The van der Waals surface area contributed by atoms with Gasteiger partial charge in [-0.1, -0.05) is 0 Å². The van der Waals surface area contributed by atoms with Crippen molar-refractivity contribution in [2.24, 2.45) is 7.05 Å². The lowest BCUT2D eigenvalue weighted by molar-refractivity contribution is 0.0685. The maximum absolute atomic E-state index is 13.3. The van der Waals surface area contributed by atoms with Crippen LogP contribution in [0.15, 0.2) is 24.5 Å². The minimum atomic E-state index is -1.04. The van der Waals surface area contributed by atoms with E-state index in [2.05, 4.69) is 15.1 Å². The topological polar surface area (TPSA) is 80.9 Å². The van der Waals surface area contributed by atoms with Crippen LogP contribution in [0.1, 0.15) is 16.2 Å². The third kappa shape index (κ3) is 2.48. The van der Waals surface area contributed by atoms with Crippen molar-refractivity contribution in [2.75, 3.05) is 0 Å². The largest absolute Gasteiger partial charge is 0.477 e. The van der Waals surface area contributed by atoms with Crippen LogP contribution in [0.25, 0.3) is 21.1 Å². The molecule has 3 heterocycles. The van der Waals surface area contributed by atoms with E-state index in [4.69, 9.17) is 5.11 Å². The molecule has 8 heteroatoms. The first-order valence-corrected chi connectivity index (χ1v) is 7.13. The maximum atomic E-state index is 13.3. The Morgan fingerprint density at radius 3 is 2.77 bits per heavy atom. The number of carboxylic acid groups (broad SMARTS) is 1. The van der Waals surface area contributed by atoms with Crippen LogP contribution < -0.4 is 0 Å². The van der Waals surface area contributed by atoms with Crippen LogP contribution in [-0.4, -0.2) is 30.8 Å². The highest BCUT2D eigenvalue weighted by molar-refractivity contribution is 7.18. The number of thiazole rings is 1. The molecule has 0 aliphatic rings. The summed E-state index contributed by atoms with van der Waals surface area (Å²) in [4.78, 5) is 20.0. The molecule has 22 heavy (non-hydrogen) atoms. The number of halogens is 1. The van der Waals surface area contributed by atoms with E-state index < -0.39 is 11.8 Å². The Balaban J connectivity index is 2.06. The summed E-state index contributed by atoms with van der Waals surface area (Å²) in [7, 11) is 1.57. The van der Waals surface area contributed by atoms with Crippen molar-refractivity contribution in [3.63, 3.8) is 0 Å². The van der Waals surface area contributed by atoms with Gasteiger partial charge in [-0.3, -0.25) is 9.67 Å². The smallest absolute Gasteiger partial charge is 0.354 e. The molecule has 0 amide bonds.